The summed E-state index contributed by atoms with van der Waals surface area (Å²) in [6.45, 7) is 1.77. The maximum atomic E-state index is 12.1. The highest BCUT2D eigenvalue weighted by Gasteiger charge is 2.48. The van der Waals surface area contributed by atoms with E-state index in [0.717, 1.165) is 16.1 Å². The lowest BCUT2D eigenvalue weighted by Crippen LogP contribution is -2.55. The van der Waals surface area contributed by atoms with Crippen LogP contribution in [0.5, 0.6) is 5.75 Å². The zero-order valence-corrected chi connectivity index (χ0v) is 12.4. The normalized spacial score (nSPS) is 27.0. The van der Waals surface area contributed by atoms with Crippen LogP contribution in [-0.4, -0.2) is 30.7 Å². The third kappa shape index (κ3) is 2.19. The van der Waals surface area contributed by atoms with Gasteiger partial charge >= 0.3 is 0 Å². The Morgan fingerprint density at radius 1 is 1.52 bits per heavy atom. The molecule has 2 aliphatic rings. The molecular weight excluding hydrogens is 292 g/mol. The zero-order chi connectivity index (χ0) is 15.3. The maximum absolute atomic E-state index is 12.1. The number of hydrogen-bond donors (Lipinski definition) is 1. The van der Waals surface area contributed by atoms with Crippen LogP contribution in [0.25, 0.3) is 0 Å². The van der Waals surface area contributed by atoms with Crippen LogP contribution in [0.1, 0.15) is 24.9 Å². The number of aliphatic imine (C=N–C) groups is 1. The predicted octanol–water partition coefficient (Wildman–Crippen LogP) is 0.928. The maximum Gasteiger partial charge on any atom is 0.235 e. The molecule has 1 N–H and O–H groups in total. The van der Waals surface area contributed by atoms with E-state index in [1.165, 1.54) is 0 Å². The summed E-state index contributed by atoms with van der Waals surface area (Å²) in [5, 5.41) is 11.2. The van der Waals surface area contributed by atoms with Crippen molar-refractivity contribution in [1.29, 1.82) is 5.26 Å². The highest BCUT2D eigenvalue weighted by molar-refractivity contribution is 7.88. The lowest BCUT2D eigenvalue weighted by Gasteiger charge is -2.45. The van der Waals surface area contributed by atoms with Gasteiger partial charge in [0.1, 0.15) is 5.75 Å². The fourth-order valence-electron chi connectivity index (χ4n) is 2.82. The number of sulfonamides is 1. The second-order valence-electron chi connectivity index (χ2n) is 5.27. The Morgan fingerprint density at radius 2 is 2.24 bits per heavy atom. The van der Waals surface area contributed by atoms with Crippen LogP contribution in [0.15, 0.2) is 29.3 Å². The summed E-state index contributed by atoms with van der Waals surface area (Å²) in [7, 11) is -3.58. The molecule has 2 bridgehead atoms. The van der Waals surface area contributed by atoms with Gasteiger partial charge in [-0.2, -0.15) is 5.26 Å². The van der Waals surface area contributed by atoms with Crippen LogP contribution in [0.2, 0.25) is 0 Å². The van der Waals surface area contributed by atoms with E-state index in [4.69, 9.17) is 10.00 Å². The molecule has 2 atom stereocenters. The summed E-state index contributed by atoms with van der Waals surface area (Å²) in [5.41, 5.74) is -0.119. The van der Waals surface area contributed by atoms with E-state index < -0.39 is 21.8 Å². The monoisotopic (exact) mass is 306 g/mol. The van der Waals surface area contributed by atoms with Crippen LogP contribution in [-0.2, 0) is 10.0 Å². The van der Waals surface area contributed by atoms with Crippen molar-refractivity contribution in [2.24, 2.45) is 4.99 Å². The van der Waals surface area contributed by atoms with Crippen molar-refractivity contribution in [2.45, 2.75) is 25.1 Å². The molecule has 110 valence electrons. The lowest BCUT2D eigenvalue weighted by molar-refractivity contribution is 0.0369. The molecule has 1 aromatic rings. The lowest BCUT2D eigenvalue weighted by atomic mass is 9.92. The summed E-state index contributed by atoms with van der Waals surface area (Å²) in [5.74, 6) is 0.609. The molecule has 3 rings (SSSR count). The van der Waals surface area contributed by atoms with Gasteiger partial charge in [-0.25, -0.2) is 17.7 Å². The molecule has 0 amide bonds. The molecular formula is C13H14N4O3S. The highest BCUT2D eigenvalue weighted by atomic mass is 32.2. The molecule has 0 aliphatic carbocycles. The van der Waals surface area contributed by atoms with E-state index in [1.54, 1.807) is 19.2 Å². The highest BCUT2D eigenvalue weighted by Crippen LogP contribution is 2.46. The van der Waals surface area contributed by atoms with E-state index >= 15 is 0 Å². The van der Waals surface area contributed by atoms with Crippen LogP contribution < -0.4 is 10.1 Å². The third-order valence-corrected chi connectivity index (χ3v) is 4.68. The molecule has 2 heterocycles. The molecule has 0 aromatic heterocycles. The number of ether oxygens (including phenoxy) is 1. The summed E-state index contributed by atoms with van der Waals surface area (Å²) >= 11 is 0. The first-order valence-corrected chi connectivity index (χ1v) is 8.21. The van der Waals surface area contributed by atoms with Crippen molar-refractivity contribution in [3.8, 4) is 11.9 Å². The van der Waals surface area contributed by atoms with Crippen molar-refractivity contribution in [1.82, 2.24) is 9.62 Å². The van der Waals surface area contributed by atoms with Gasteiger partial charge in [0.2, 0.25) is 21.7 Å². The number of benzene rings is 1. The Balaban J connectivity index is 2.21. The molecule has 0 saturated carbocycles. The largest absolute Gasteiger partial charge is 0.466 e. The Hall–Kier alpha value is -2.27. The summed E-state index contributed by atoms with van der Waals surface area (Å²) in [4.78, 5) is 4.28. The van der Waals surface area contributed by atoms with Crippen LogP contribution >= 0.6 is 0 Å². The number of nitrogens with zero attached hydrogens (tertiary/aromatic N) is 3. The minimum absolute atomic E-state index is 0.00625. The second-order valence-corrected chi connectivity index (χ2v) is 7.13. The van der Waals surface area contributed by atoms with Gasteiger partial charge in [-0.15, -0.1) is 0 Å². The van der Waals surface area contributed by atoms with E-state index in [1.807, 2.05) is 18.2 Å². The molecule has 0 radical (unpaired) electrons. The van der Waals surface area contributed by atoms with E-state index in [9.17, 15) is 8.42 Å². The van der Waals surface area contributed by atoms with Crippen molar-refractivity contribution in [3.63, 3.8) is 0 Å². The van der Waals surface area contributed by atoms with Gasteiger partial charge in [-0.3, -0.25) is 5.32 Å². The van der Waals surface area contributed by atoms with Gasteiger partial charge < -0.3 is 4.74 Å². The fraction of sp³-hybridized carbons (Fsp3) is 0.385. The quantitative estimate of drug-likeness (QED) is 0.615. The summed E-state index contributed by atoms with van der Waals surface area (Å²) in [6, 6.07) is 6.83. The number of fused-ring (bicyclic) bond motifs is 4. The van der Waals surface area contributed by atoms with Gasteiger partial charge in [0, 0.05) is 12.0 Å². The van der Waals surface area contributed by atoms with Crippen molar-refractivity contribution in [2.75, 3.05) is 6.26 Å². The number of rotatable bonds is 1. The Morgan fingerprint density at radius 3 is 2.90 bits per heavy atom. The van der Waals surface area contributed by atoms with E-state index in [-0.39, 0.29) is 5.96 Å². The topological polar surface area (TPSA) is 94.8 Å². The van der Waals surface area contributed by atoms with Crippen molar-refractivity contribution >= 4 is 16.0 Å². The zero-order valence-electron chi connectivity index (χ0n) is 11.6. The molecule has 8 heteroatoms. The third-order valence-electron chi connectivity index (χ3n) is 3.54. The first-order chi connectivity index (χ1) is 9.84. The van der Waals surface area contributed by atoms with Gasteiger partial charge in [-0.1, -0.05) is 18.2 Å². The summed E-state index contributed by atoms with van der Waals surface area (Å²) in [6.07, 6.45) is 3.22. The number of nitrogens with one attached hydrogen (secondary N) is 1. The standard InChI is InChI=1S/C13H14N4O3S/c1-13-7-10(9-5-3-4-6-11(9)20-13)17(21(2,18)19)12(16-13)15-8-14/h3-6,10H,7H2,1-2H3,(H,15,16). The molecule has 0 spiro atoms. The Kier molecular flexibility index (Phi) is 2.85. The SMILES string of the molecule is CC12CC(c3ccccc3O1)N(S(C)(=O)=O)C(NC#N)=N2. The van der Waals surface area contributed by atoms with Crippen LogP contribution in [0.3, 0.4) is 0 Å². The van der Waals surface area contributed by atoms with Gasteiger partial charge in [-0.05, 0) is 13.0 Å². The average Bonchev–Trinajstić information content (AvgIpc) is 2.36. The van der Waals surface area contributed by atoms with Crippen molar-refractivity contribution in [3.05, 3.63) is 29.8 Å². The van der Waals surface area contributed by atoms with Gasteiger partial charge in [0.25, 0.3) is 0 Å². The minimum atomic E-state index is -3.58. The molecule has 2 unspecified atom stereocenters. The van der Waals surface area contributed by atoms with E-state index in [0.29, 0.717) is 12.2 Å². The molecule has 0 fully saturated rings. The first kappa shape index (κ1) is 13.7. The fourth-order valence-corrected chi connectivity index (χ4v) is 3.87. The second kappa shape index (κ2) is 4.36. The number of guanidine groups is 1. The molecule has 2 aliphatic heterocycles. The molecule has 0 saturated heterocycles. The molecule has 7 nitrogen and oxygen atoms in total. The predicted molar refractivity (Wildman–Crippen MR) is 75.7 cm³/mol. The van der Waals surface area contributed by atoms with Crippen LogP contribution in [0.4, 0.5) is 0 Å². The first-order valence-electron chi connectivity index (χ1n) is 6.36. The van der Waals surface area contributed by atoms with Gasteiger partial charge in [0.05, 0.1) is 12.3 Å². The number of hydrogen-bond acceptors (Lipinski definition) is 6. The number of para-hydroxylation sites is 1. The molecule has 21 heavy (non-hydrogen) atoms. The summed E-state index contributed by atoms with van der Waals surface area (Å²) < 4.78 is 31.3. The van der Waals surface area contributed by atoms with Gasteiger partial charge in [0.15, 0.2) is 6.19 Å². The Labute approximate surface area is 122 Å². The minimum Gasteiger partial charge on any atom is -0.466 e. The average molecular weight is 306 g/mol. The number of nitriles is 1. The van der Waals surface area contributed by atoms with Crippen molar-refractivity contribution < 1.29 is 13.2 Å². The smallest absolute Gasteiger partial charge is 0.235 e. The molecule has 1 aromatic carbocycles. The Bertz CT molecular complexity index is 768. The van der Waals surface area contributed by atoms with Crippen LogP contribution in [0, 0.1) is 11.5 Å². The van der Waals surface area contributed by atoms with E-state index in [2.05, 4.69) is 10.3 Å².